The summed E-state index contributed by atoms with van der Waals surface area (Å²) in [7, 11) is 0. The van der Waals surface area contributed by atoms with Crippen molar-refractivity contribution in [2.45, 2.75) is 51.0 Å². The highest BCUT2D eigenvalue weighted by atomic mass is 16.2. The molecule has 1 amide bonds. The van der Waals surface area contributed by atoms with Gasteiger partial charge in [0.25, 0.3) is 5.91 Å². The fourth-order valence-corrected chi connectivity index (χ4v) is 3.56. The van der Waals surface area contributed by atoms with Crippen LogP contribution in [0.2, 0.25) is 0 Å². The van der Waals surface area contributed by atoms with E-state index in [0.717, 1.165) is 25.1 Å². The quantitative estimate of drug-likeness (QED) is 0.925. The first-order valence-electron chi connectivity index (χ1n) is 8.63. The van der Waals surface area contributed by atoms with Gasteiger partial charge < -0.3 is 10.2 Å². The van der Waals surface area contributed by atoms with E-state index in [1.165, 1.54) is 37.7 Å². The maximum atomic E-state index is 12.5. The number of rotatable bonds is 4. The zero-order chi connectivity index (χ0) is 15.2. The normalized spacial score (nSPS) is 21.5. The number of hydrogen-bond donors (Lipinski definition) is 1. The minimum Gasteiger partial charge on any atom is -0.364 e. The molecule has 1 fully saturated rings. The van der Waals surface area contributed by atoms with Gasteiger partial charge in [-0.2, -0.15) is 0 Å². The van der Waals surface area contributed by atoms with Gasteiger partial charge >= 0.3 is 0 Å². The van der Waals surface area contributed by atoms with Crippen LogP contribution in [-0.2, 0) is 11.2 Å². The Labute approximate surface area is 133 Å². The van der Waals surface area contributed by atoms with Crippen LogP contribution >= 0.6 is 0 Å². The van der Waals surface area contributed by atoms with Crippen LogP contribution in [0.4, 0.5) is 0 Å². The number of carbonyl (C=O) groups excluding carboxylic acids is 1. The van der Waals surface area contributed by atoms with E-state index in [1.54, 1.807) is 0 Å². The van der Waals surface area contributed by atoms with Gasteiger partial charge in [-0.25, -0.2) is 0 Å². The van der Waals surface area contributed by atoms with Crippen molar-refractivity contribution in [3.63, 3.8) is 0 Å². The minimum atomic E-state index is 0.110. The Kier molecular flexibility index (Phi) is 5.15. The third-order valence-electron chi connectivity index (χ3n) is 4.79. The molecule has 1 aromatic rings. The Morgan fingerprint density at radius 1 is 1.14 bits per heavy atom. The lowest BCUT2D eigenvalue weighted by atomic mass is 10.0. The van der Waals surface area contributed by atoms with Gasteiger partial charge in [-0.3, -0.25) is 4.79 Å². The summed E-state index contributed by atoms with van der Waals surface area (Å²) in [4.78, 5) is 14.8. The number of benzene rings is 1. The highest BCUT2D eigenvalue weighted by Crippen LogP contribution is 2.28. The summed E-state index contributed by atoms with van der Waals surface area (Å²) in [5, 5.41) is 3.09. The monoisotopic (exact) mass is 298 g/mol. The van der Waals surface area contributed by atoms with Gasteiger partial charge in [0.15, 0.2) is 0 Å². The van der Waals surface area contributed by atoms with Crippen molar-refractivity contribution in [2.75, 3.05) is 13.1 Å². The van der Waals surface area contributed by atoms with Crippen LogP contribution < -0.4 is 5.32 Å². The predicted octanol–water partition coefficient (Wildman–Crippen LogP) is 3.27. The fourth-order valence-electron chi connectivity index (χ4n) is 3.56. The Morgan fingerprint density at radius 3 is 2.82 bits per heavy atom. The van der Waals surface area contributed by atoms with E-state index in [9.17, 15) is 4.79 Å². The van der Waals surface area contributed by atoms with Crippen molar-refractivity contribution in [1.29, 1.82) is 0 Å². The van der Waals surface area contributed by atoms with Gasteiger partial charge in [0.1, 0.15) is 0 Å². The predicted molar refractivity (Wildman–Crippen MR) is 89.4 cm³/mol. The number of carbonyl (C=O) groups is 1. The molecule has 1 atom stereocenters. The molecule has 0 aliphatic carbocycles. The van der Waals surface area contributed by atoms with Crippen molar-refractivity contribution in [1.82, 2.24) is 10.2 Å². The van der Waals surface area contributed by atoms with E-state index in [2.05, 4.69) is 28.4 Å². The molecule has 22 heavy (non-hydrogen) atoms. The van der Waals surface area contributed by atoms with E-state index in [0.29, 0.717) is 12.6 Å². The van der Waals surface area contributed by atoms with Crippen LogP contribution in [0.1, 0.15) is 44.1 Å². The molecule has 0 saturated carbocycles. The zero-order valence-corrected chi connectivity index (χ0v) is 13.3. The SMILES string of the molecule is O=C(NCCc1ccccc1)C1=CCC2CCCCCCN12. The summed E-state index contributed by atoms with van der Waals surface area (Å²) in [6, 6.07) is 10.9. The van der Waals surface area contributed by atoms with Crippen molar-refractivity contribution >= 4 is 5.91 Å². The van der Waals surface area contributed by atoms with Gasteiger partial charge in [0.2, 0.25) is 0 Å². The second-order valence-electron chi connectivity index (χ2n) is 6.37. The molecule has 2 heterocycles. The summed E-state index contributed by atoms with van der Waals surface area (Å²) in [6.45, 7) is 1.75. The first-order chi connectivity index (χ1) is 10.8. The maximum Gasteiger partial charge on any atom is 0.267 e. The average molecular weight is 298 g/mol. The highest BCUT2D eigenvalue weighted by molar-refractivity contribution is 5.93. The van der Waals surface area contributed by atoms with Crippen LogP contribution in [0, 0.1) is 0 Å². The molecular weight excluding hydrogens is 272 g/mol. The van der Waals surface area contributed by atoms with Gasteiger partial charge in [-0.15, -0.1) is 0 Å². The molecule has 1 unspecified atom stereocenters. The molecule has 2 aliphatic rings. The van der Waals surface area contributed by atoms with Gasteiger partial charge in [0, 0.05) is 19.1 Å². The summed E-state index contributed by atoms with van der Waals surface area (Å²) in [5.74, 6) is 0.110. The first kappa shape index (κ1) is 15.1. The third-order valence-corrected chi connectivity index (χ3v) is 4.79. The summed E-state index contributed by atoms with van der Waals surface area (Å²) in [5.41, 5.74) is 2.19. The average Bonchev–Trinajstić information content (AvgIpc) is 2.90. The van der Waals surface area contributed by atoms with Gasteiger partial charge in [-0.1, -0.05) is 55.7 Å². The van der Waals surface area contributed by atoms with E-state index in [-0.39, 0.29) is 5.91 Å². The Bertz CT molecular complexity index is 523. The number of hydrogen-bond acceptors (Lipinski definition) is 2. The topological polar surface area (TPSA) is 32.3 Å². The molecule has 1 saturated heterocycles. The number of fused-ring (bicyclic) bond motifs is 1. The van der Waals surface area contributed by atoms with Crippen LogP contribution in [0.15, 0.2) is 42.1 Å². The molecule has 0 radical (unpaired) electrons. The second-order valence-corrected chi connectivity index (χ2v) is 6.37. The molecular formula is C19H26N2O. The molecule has 0 bridgehead atoms. The van der Waals surface area contributed by atoms with E-state index in [4.69, 9.17) is 0 Å². The molecule has 3 nitrogen and oxygen atoms in total. The van der Waals surface area contributed by atoms with Crippen molar-refractivity contribution in [2.24, 2.45) is 0 Å². The van der Waals surface area contributed by atoms with Crippen molar-refractivity contribution in [3.8, 4) is 0 Å². The molecule has 3 rings (SSSR count). The van der Waals surface area contributed by atoms with Crippen LogP contribution in [0.5, 0.6) is 0 Å². The van der Waals surface area contributed by atoms with Gasteiger partial charge in [0.05, 0.1) is 5.70 Å². The van der Waals surface area contributed by atoms with Crippen molar-refractivity contribution < 1.29 is 4.79 Å². The zero-order valence-electron chi connectivity index (χ0n) is 13.3. The molecule has 1 N–H and O–H groups in total. The number of amides is 1. The minimum absolute atomic E-state index is 0.110. The van der Waals surface area contributed by atoms with Crippen LogP contribution in [-0.4, -0.2) is 29.9 Å². The fraction of sp³-hybridized carbons (Fsp3) is 0.526. The molecule has 0 spiro atoms. The smallest absolute Gasteiger partial charge is 0.267 e. The van der Waals surface area contributed by atoms with E-state index < -0.39 is 0 Å². The van der Waals surface area contributed by atoms with Crippen molar-refractivity contribution in [3.05, 3.63) is 47.7 Å². The first-order valence-corrected chi connectivity index (χ1v) is 8.63. The lowest BCUT2D eigenvalue weighted by Crippen LogP contribution is -2.39. The molecule has 118 valence electrons. The molecule has 1 aromatic carbocycles. The summed E-state index contributed by atoms with van der Waals surface area (Å²) < 4.78 is 0. The van der Waals surface area contributed by atoms with Crippen LogP contribution in [0.3, 0.4) is 0 Å². The van der Waals surface area contributed by atoms with E-state index >= 15 is 0 Å². The molecule has 0 aromatic heterocycles. The Hall–Kier alpha value is -1.77. The Balaban J connectivity index is 1.51. The second kappa shape index (κ2) is 7.48. The maximum absolute atomic E-state index is 12.5. The number of nitrogens with zero attached hydrogens (tertiary/aromatic N) is 1. The number of nitrogens with one attached hydrogen (secondary N) is 1. The summed E-state index contributed by atoms with van der Waals surface area (Å²) >= 11 is 0. The third kappa shape index (κ3) is 3.70. The molecule has 2 aliphatic heterocycles. The van der Waals surface area contributed by atoms with Gasteiger partial charge in [-0.05, 0) is 31.2 Å². The lowest BCUT2D eigenvalue weighted by Gasteiger charge is -2.31. The largest absolute Gasteiger partial charge is 0.364 e. The lowest BCUT2D eigenvalue weighted by molar-refractivity contribution is -0.119. The van der Waals surface area contributed by atoms with Crippen LogP contribution in [0.25, 0.3) is 0 Å². The van der Waals surface area contributed by atoms with E-state index in [1.807, 2.05) is 18.2 Å². The summed E-state index contributed by atoms with van der Waals surface area (Å²) in [6.07, 6.45) is 10.5. The highest BCUT2D eigenvalue weighted by Gasteiger charge is 2.29. The molecule has 3 heteroatoms. The standard InChI is InChI=1S/C19H26N2O/c22-19(20-14-13-16-8-4-3-5-9-16)18-12-11-17-10-6-1-2-7-15-21(17)18/h3-5,8-9,12,17H,1-2,6-7,10-11,13-15H2,(H,20,22). The Morgan fingerprint density at radius 2 is 1.95 bits per heavy atom.